The van der Waals surface area contributed by atoms with Crippen molar-refractivity contribution in [3.8, 4) is 0 Å². The van der Waals surface area contributed by atoms with Crippen LogP contribution in [0.5, 0.6) is 0 Å². The van der Waals surface area contributed by atoms with Crippen molar-refractivity contribution in [2.45, 2.75) is 33.1 Å². The van der Waals surface area contributed by atoms with Gasteiger partial charge in [0.1, 0.15) is 17.8 Å². The van der Waals surface area contributed by atoms with Gasteiger partial charge in [-0.15, -0.1) is 10.1 Å². The maximum absolute atomic E-state index is 11.9. The van der Waals surface area contributed by atoms with Gasteiger partial charge in [-0.1, -0.05) is 0 Å². The number of nitrogens with zero attached hydrogens (tertiary/aromatic N) is 2. The average molecular weight is 342 g/mol. The number of amides is 1. The molecule has 1 rings (SSSR count). The molecule has 1 aromatic rings. The van der Waals surface area contributed by atoms with E-state index in [1.54, 1.807) is 39.1 Å². The van der Waals surface area contributed by atoms with Crippen molar-refractivity contribution in [1.29, 1.82) is 0 Å². The molecule has 0 aliphatic carbocycles. The van der Waals surface area contributed by atoms with Gasteiger partial charge in [0, 0.05) is 12.6 Å². The quantitative estimate of drug-likeness (QED) is 0.256. The van der Waals surface area contributed by atoms with Crippen LogP contribution in [0.1, 0.15) is 31.1 Å². The Balaban J connectivity index is 2.49. The first kappa shape index (κ1) is 19.1. The number of hydrogen-bond donors (Lipinski definition) is 1. The van der Waals surface area contributed by atoms with Crippen LogP contribution < -0.4 is 9.88 Å². The number of nitrogens with one attached hydrogen (secondary N) is 1. The minimum absolute atomic E-state index is 0.0108. The molecule has 10 heteroatoms. The Bertz CT molecular complexity index is 598. The summed E-state index contributed by atoms with van der Waals surface area (Å²) in [5.74, 6) is -0.437. The van der Waals surface area contributed by atoms with Crippen molar-refractivity contribution in [3.05, 3.63) is 40.2 Å². The molecule has 0 radical (unpaired) electrons. The second-order valence-electron chi connectivity index (χ2n) is 5.66. The lowest BCUT2D eigenvalue weighted by Gasteiger charge is -2.17. The fourth-order valence-corrected chi connectivity index (χ4v) is 1.53. The fourth-order valence-electron chi connectivity index (χ4n) is 1.53. The summed E-state index contributed by atoms with van der Waals surface area (Å²) in [7, 11) is 0. The predicted molar refractivity (Wildman–Crippen MR) is 79.2 cm³/mol. The smallest absolute Gasteiger partial charge is 0.428 e. The molecule has 0 bridgehead atoms. The van der Waals surface area contributed by atoms with Crippen LogP contribution in [0.3, 0.4) is 0 Å². The van der Waals surface area contributed by atoms with Crippen molar-refractivity contribution in [2.24, 2.45) is 0 Å². The topological polar surface area (TPSA) is 121 Å². The van der Waals surface area contributed by atoms with Gasteiger partial charge >= 0.3 is 6.16 Å². The van der Waals surface area contributed by atoms with E-state index in [0.717, 1.165) is 0 Å². The van der Waals surface area contributed by atoms with Gasteiger partial charge in [0.15, 0.2) is 12.4 Å². The van der Waals surface area contributed by atoms with E-state index >= 15 is 0 Å². The van der Waals surface area contributed by atoms with Gasteiger partial charge in [-0.05, 0) is 26.8 Å². The lowest BCUT2D eigenvalue weighted by Crippen LogP contribution is -2.38. The van der Waals surface area contributed by atoms with Crippen molar-refractivity contribution >= 4 is 12.1 Å². The summed E-state index contributed by atoms with van der Waals surface area (Å²) in [4.78, 5) is 37.4. The third-order valence-electron chi connectivity index (χ3n) is 2.43. The lowest BCUT2D eigenvalue weighted by molar-refractivity contribution is -0.757. The third-order valence-corrected chi connectivity index (χ3v) is 2.43. The molecule has 1 N–H and O–H groups in total. The number of ether oxygens (including phenoxy) is 2. The molecule has 0 atom stereocenters. The molecule has 132 valence electrons. The van der Waals surface area contributed by atoms with Gasteiger partial charge in [0.2, 0.25) is 0 Å². The van der Waals surface area contributed by atoms with Crippen molar-refractivity contribution < 1.29 is 33.6 Å². The second-order valence-corrected chi connectivity index (χ2v) is 5.66. The highest BCUT2D eigenvalue weighted by Gasteiger charge is 2.19. The van der Waals surface area contributed by atoms with Crippen LogP contribution in [0, 0.1) is 10.1 Å². The molecule has 0 fully saturated rings. The molecule has 1 amide bonds. The van der Waals surface area contributed by atoms with E-state index in [4.69, 9.17) is 9.47 Å². The highest BCUT2D eigenvalue weighted by Crippen LogP contribution is 2.07. The van der Waals surface area contributed by atoms with E-state index in [2.05, 4.69) is 10.2 Å². The zero-order chi connectivity index (χ0) is 18.2. The molecule has 10 nitrogen and oxygen atoms in total. The largest absolute Gasteiger partial charge is 0.513 e. The maximum Gasteiger partial charge on any atom is 0.513 e. The van der Waals surface area contributed by atoms with Crippen molar-refractivity contribution in [1.82, 2.24) is 5.32 Å². The molecule has 0 saturated heterocycles. The number of hydrogen-bond acceptors (Lipinski definition) is 7. The maximum atomic E-state index is 11.9. The Kier molecular flexibility index (Phi) is 6.90. The Morgan fingerprint density at radius 3 is 2.71 bits per heavy atom. The molecular formula is C14H20N3O7+. The minimum atomic E-state index is -0.934. The summed E-state index contributed by atoms with van der Waals surface area (Å²) in [6, 6.07) is 3.15. The Hall–Kier alpha value is -2.91. The van der Waals surface area contributed by atoms with E-state index in [1.807, 2.05) is 0 Å². The first-order valence-electron chi connectivity index (χ1n) is 7.08. The van der Waals surface area contributed by atoms with Gasteiger partial charge in [-0.3, -0.25) is 4.79 Å². The van der Waals surface area contributed by atoms with E-state index in [9.17, 15) is 19.7 Å². The van der Waals surface area contributed by atoms with Gasteiger partial charge < -0.3 is 19.6 Å². The molecule has 0 spiro atoms. The zero-order valence-corrected chi connectivity index (χ0v) is 13.7. The molecule has 0 aliphatic heterocycles. The number of pyridine rings is 1. The monoisotopic (exact) mass is 342 g/mol. The highest BCUT2D eigenvalue weighted by atomic mass is 16.9. The summed E-state index contributed by atoms with van der Waals surface area (Å²) in [5.41, 5.74) is -0.360. The molecule has 1 aromatic heterocycles. The number of carbonyl (C=O) groups is 2. The summed E-state index contributed by atoms with van der Waals surface area (Å²) in [5, 5.41) is 11.5. The van der Waals surface area contributed by atoms with Crippen LogP contribution in [-0.2, 0) is 21.0 Å². The molecule has 0 aromatic carbocycles. The first-order chi connectivity index (χ1) is 11.2. The van der Waals surface area contributed by atoms with Gasteiger partial charge in [-0.2, -0.15) is 4.57 Å². The van der Waals surface area contributed by atoms with E-state index in [-0.39, 0.29) is 19.9 Å². The normalized spacial score (nSPS) is 10.6. The van der Waals surface area contributed by atoms with Crippen LogP contribution in [0.25, 0.3) is 0 Å². The first-order valence-corrected chi connectivity index (χ1v) is 7.08. The molecule has 0 unspecified atom stereocenters. The van der Waals surface area contributed by atoms with Crippen LogP contribution in [0.4, 0.5) is 4.79 Å². The number of rotatable bonds is 7. The average Bonchev–Trinajstić information content (AvgIpc) is 2.48. The van der Waals surface area contributed by atoms with Crippen LogP contribution in [0.15, 0.2) is 24.5 Å². The molecule has 0 aliphatic rings. The summed E-state index contributed by atoms with van der Waals surface area (Å²) < 4.78 is 11.4. The van der Waals surface area contributed by atoms with E-state index in [0.29, 0.717) is 5.56 Å². The molecule has 24 heavy (non-hydrogen) atoms. The van der Waals surface area contributed by atoms with Crippen LogP contribution in [0.2, 0.25) is 0 Å². The zero-order valence-electron chi connectivity index (χ0n) is 13.7. The predicted octanol–water partition coefficient (Wildman–Crippen LogP) is 0.821. The fraction of sp³-hybridized carbons (Fsp3) is 0.500. The molecule has 1 heterocycles. The molecular weight excluding hydrogens is 322 g/mol. The Labute approximate surface area is 138 Å². The van der Waals surface area contributed by atoms with Gasteiger partial charge in [0.05, 0.1) is 0 Å². The van der Waals surface area contributed by atoms with Crippen LogP contribution >= 0.6 is 0 Å². The van der Waals surface area contributed by atoms with Crippen molar-refractivity contribution in [2.75, 3.05) is 13.2 Å². The second kappa shape index (κ2) is 8.65. The van der Waals surface area contributed by atoms with Crippen molar-refractivity contribution in [3.63, 3.8) is 0 Å². The Morgan fingerprint density at radius 1 is 1.38 bits per heavy atom. The minimum Gasteiger partial charge on any atom is -0.428 e. The standard InChI is InChI=1S/C14H19N3O7/c1-14(2,3)24-13(19)22-10-16-7-4-5-11(9-16)12(18)15-6-8-23-17(20)21/h4-5,7,9H,6,8,10H2,1-3H3/p+1. The lowest BCUT2D eigenvalue weighted by atomic mass is 10.2. The number of aromatic nitrogens is 1. The SMILES string of the molecule is CC(C)(C)OC(=O)OC[n+]1cccc(C(=O)NCCO[N+](=O)[O-])c1. The molecule has 0 saturated carbocycles. The third kappa shape index (κ3) is 7.92. The van der Waals surface area contributed by atoms with Gasteiger partial charge in [-0.25, -0.2) is 4.79 Å². The summed E-state index contributed by atoms with van der Waals surface area (Å²) >= 11 is 0. The summed E-state index contributed by atoms with van der Waals surface area (Å²) in [6.45, 7) is 4.77. The Morgan fingerprint density at radius 2 is 2.08 bits per heavy atom. The summed E-state index contributed by atoms with van der Waals surface area (Å²) in [6.07, 6.45) is 2.26. The van der Waals surface area contributed by atoms with Gasteiger partial charge in [0.25, 0.3) is 17.7 Å². The van der Waals surface area contributed by atoms with E-state index in [1.165, 1.54) is 10.8 Å². The number of carbonyl (C=O) groups excluding carboxylic acids is 2. The van der Waals surface area contributed by atoms with E-state index < -0.39 is 22.8 Å². The highest BCUT2D eigenvalue weighted by molar-refractivity contribution is 5.93. The van der Waals surface area contributed by atoms with Crippen LogP contribution in [-0.4, -0.2) is 35.9 Å².